The van der Waals surface area contributed by atoms with Gasteiger partial charge in [-0.05, 0) is 60.2 Å². The van der Waals surface area contributed by atoms with Crippen LogP contribution in [0.4, 0.5) is 26.3 Å². The largest absolute Gasteiger partial charge is 0.346 e. The van der Waals surface area contributed by atoms with Gasteiger partial charge in [0.2, 0.25) is 15.9 Å². The SMILES string of the molecule is CCN(CC)S(=O)(=O)c1ccc(-c2cccnc2[C@H](Cc2cc(F)cc(F)c2)NC(=O)Cn2nc3c(c2C(F)F)C2CC2C3(F)F)cc1. The van der Waals surface area contributed by atoms with Crippen LogP contribution >= 0.6 is 0 Å². The second kappa shape index (κ2) is 12.7. The number of aromatic nitrogens is 3. The molecular formula is C33H31F6N5O3S. The van der Waals surface area contributed by atoms with E-state index in [1.807, 2.05) is 0 Å². The van der Waals surface area contributed by atoms with E-state index in [-0.39, 0.29) is 47.6 Å². The third-order valence-electron chi connectivity index (χ3n) is 8.85. The normalized spacial score (nSPS) is 18.5. The first-order valence-electron chi connectivity index (χ1n) is 15.3. The van der Waals surface area contributed by atoms with E-state index < -0.39 is 75.7 Å². The summed E-state index contributed by atoms with van der Waals surface area (Å²) in [6.45, 7) is 3.18. The quantitative estimate of drug-likeness (QED) is 0.171. The van der Waals surface area contributed by atoms with Crippen LogP contribution in [0.5, 0.6) is 0 Å². The van der Waals surface area contributed by atoms with E-state index in [0.717, 1.165) is 12.1 Å². The lowest BCUT2D eigenvalue weighted by Crippen LogP contribution is -2.34. The summed E-state index contributed by atoms with van der Waals surface area (Å²) >= 11 is 0. The number of nitrogens with zero attached hydrogens (tertiary/aromatic N) is 4. The third kappa shape index (κ3) is 6.09. The Morgan fingerprint density at radius 2 is 1.73 bits per heavy atom. The van der Waals surface area contributed by atoms with E-state index in [9.17, 15) is 39.6 Å². The first kappa shape index (κ1) is 33.7. The van der Waals surface area contributed by atoms with E-state index in [2.05, 4.69) is 15.4 Å². The molecule has 2 aliphatic rings. The zero-order valence-electron chi connectivity index (χ0n) is 25.8. The topological polar surface area (TPSA) is 97.2 Å². The molecule has 0 spiro atoms. The predicted molar refractivity (Wildman–Crippen MR) is 163 cm³/mol. The summed E-state index contributed by atoms with van der Waals surface area (Å²) in [6.07, 6.45) is -1.87. The Hall–Kier alpha value is -4.24. The minimum absolute atomic E-state index is 0.0597. The number of halogens is 6. The van der Waals surface area contributed by atoms with Crippen molar-refractivity contribution in [3.63, 3.8) is 0 Å². The summed E-state index contributed by atoms with van der Waals surface area (Å²) in [5, 5.41) is 6.43. The standard InChI is InChI=1S/C33H31F6N5O3S/c1-3-43(4-2)48(46,47)22-9-7-19(8-10-22)23-6-5-11-40-29(23)26(14-18-12-20(34)15-21(35)13-18)41-27(45)17-44-30(32(36)37)28-24-16-25(24)33(38,39)31(28)42-44/h5-13,15,24-26,32H,3-4,14,16-17H2,1-2H3,(H,41,45)/t24?,25?,26-/m0/s1. The summed E-state index contributed by atoms with van der Waals surface area (Å²) in [5.41, 5.74) is -0.370. The van der Waals surface area contributed by atoms with Crippen molar-refractivity contribution in [2.24, 2.45) is 5.92 Å². The molecule has 2 heterocycles. The second-order valence-corrected chi connectivity index (χ2v) is 13.8. The number of alkyl halides is 4. The van der Waals surface area contributed by atoms with Crippen molar-refractivity contribution < 1.29 is 39.6 Å². The van der Waals surface area contributed by atoms with Gasteiger partial charge >= 0.3 is 0 Å². The van der Waals surface area contributed by atoms with Crippen molar-refractivity contribution >= 4 is 15.9 Å². The van der Waals surface area contributed by atoms with E-state index in [1.54, 1.807) is 38.1 Å². The molecule has 0 radical (unpaired) electrons. The molecular weight excluding hydrogens is 660 g/mol. The molecule has 4 aromatic rings. The van der Waals surface area contributed by atoms with Crippen molar-refractivity contribution in [3.8, 4) is 11.1 Å². The van der Waals surface area contributed by atoms with Crippen LogP contribution < -0.4 is 5.32 Å². The Bertz CT molecular complexity index is 1940. The number of fused-ring (bicyclic) bond motifs is 3. The number of pyridine rings is 1. The van der Waals surface area contributed by atoms with Gasteiger partial charge in [0, 0.05) is 42.4 Å². The van der Waals surface area contributed by atoms with Crippen molar-refractivity contribution in [1.29, 1.82) is 0 Å². The lowest BCUT2D eigenvalue weighted by molar-refractivity contribution is -0.122. The van der Waals surface area contributed by atoms with Gasteiger partial charge in [-0.25, -0.2) is 26.0 Å². The highest BCUT2D eigenvalue weighted by molar-refractivity contribution is 7.89. The van der Waals surface area contributed by atoms with Crippen LogP contribution in [0.25, 0.3) is 11.1 Å². The number of rotatable bonds is 12. The van der Waals surface area contributed by atoms with Crippen LogP contribution in [-0.2, 0) is 33.7 Å². The van der Waals surface area contributed by atoms with Crippen LogP contribution in [0.1, 0.15) is 66.9 Å². The van der Waals surface area contributed by atoms with Crippen molar-refractivity contribution in [1.82, 2.24) is 24.4 Å². The van der Waals surface area contributed by atoms with Gasteiger partial charge in [-0.3, -0.25) is 14.5 Å². The molecule has 0 bridgehead atoms. The van der Waals surface area contributed by atoms with E-state index in [4.69, 9.17) is 0 Å². The highest BCUT2D eigenvalue weighted by Gasteiger charge is 2.67. The summed E-state index contributed by atoms with van der Waals surface area (Å²) in [7, 11) is -3.76. The number of amides is 1. The fourth-order valence-electron chi connectivity index (χ4n) is 6.56. The average molecular weight is 692 g/mol. The lowest BCUT2D eigenvalue weighted by Gasteiger charge is -2.22. The van der Waals surface area contributed by atoms with Gasteiger partial charge in [0.15, 0.2) is 0 Å². The van der Waals surface area contributed by atoms with Crippen molar-refractivity contribution in [2.75, 3.05) is 13.1 Å². The van der Waals surface area contributed by atoms with E-state index >= 15 is 0 Å². The van der Waals surface area contributed by atoms with Gasteiger partial charge in [-0.2, -0.15) is 18.2 Å². The molecule has 254 valence electrons. The minimum atomic E-state index is -3.76. The van der Waals surface area contributed by atoms with Gasteiger partial charge < -0.3 is 5.32 Å². The Labute approximate surface area is 272 Å². The number of benzene rings is 2. The Morgan fingerprint density at radius 1 is 1.06 bits per heavy atom. The molecule has 6 rings (SSSR count). The van der Waals surface area contributed by atoms with Crippen LogP contribution in [-0.4, -0.2) is 46.5 Å². The number of hydrogen-bond acceptors (Lipinski definition) is 5. The molecule has 2 aliphatic carbocycles. The first-order valence-corrected chi connectivity index (χ1v) is 16.8. The van der Waals surface area contributed by atoms with E-state index in [1.165, 1.54) is 22.6 Å². The van der Waals surface area contributed by atoms with Crippen LogP contribution in [0, 0.1) is 17.6 Å². The van der Waals surface area contributed by atoms with Crippen molar-refractivity contribution in [2.45, 2.75) is 62.4 Å². The zero-order chi connectivity index (χ0) is 34.5. The number of carbonyl (C=O) groups excluding carboxylic acids is 1. The van der Waals surface area contributed by atoms with Gasteiger partial charge in [0.25, 0.3) is 12.3 Å². The maximum absolute atomic E-state index is 14.8. The molecule has 2 aromatic carbocycles. The van der Waals surface area contributed by atoms with Gasteiger partial charge in [0.05, 0.1) is 16.6 Å². The smallest absolute Gasteiger partial charge is 0.295 e. The van der Waals surface area contributed by atoms with Gasteiger partial charge in [0.1, 0.15) is 29.6 Å². The molecule has 3 atom stereocenters. The van der Waals surface area contributed by atoms with Crippen LogP contribution in [0.15, 0.2) is 65.7 Å². The fourth-order valence-corrected chi connectivity index (χ4v) is 8.01. The Kier molecular flexibility index (Phi) is 8.87. The van der Waals surface area contributed by atoms with Crippen LogP contribution in [0.2, 0.25) is 0 Å². The number of sulfonamides is 1. The Morgan fingerprint density at radius 3 is 2.35 bits per heavy atom. The van der Waals surface area contributed by atoms with Gasteiger partial charge in [-0.1, -0.05) is 32.0 Å². The van der Waals surface area contributed by atoms with Gasteiger partial charge in [-0.15, -0.1) is 0 Å². The molecule has 1 amide bonds. The highest BCUT2D eigenvalue weighted by atomic mass is 32.2. The molecule has 2 aromatic heterocycles. The molecule has 48 heavy (non-hydrogen) atoms. The number of carbonyl (C=O) groups is 1. The molecule has 15 heteroatoms. The molecule has 1 saturated carbocycles. The summed E-state index contributed by atoms with van der Waals surface area (Å²) < 4.78 is 114. The minimum Gasteiger partial charge on any atom is -0.346 e. The molecule has 1 N–H and O–H groups in total. The monoisotopic (exact) mass is 691 g/mol. The Balaban J connectivity index is 1.34. The third-order valence-corrected chi connectivity index (χ3v) is 10.9. The zero-order valence-corrected chi connectivity index (χ0v) is 26.6. The first-order chi connectivity index (χ1) is 22.8. The molecule has 0 aliphatic heterocycles. The summed E-state index contributed by atoms with van der Waals surface area (Å²) in [5.74, 6) is -7.80. The number of nitrogens with one attached hydrogen (secondary N) is 1. The maximum atomic E-state index is 14.8. The fraction of sp³-hybridized carbons (Fsp3) is 0.364. The number of hydrogen-bond donors (Lipinski definition) is 1. The summed E-state index contributed by atoms with van der Waals surface area (Å²) in [4.78, 5) is 17.9. The summed E-state index contributed by atoms with van der Waals surface area (Å²) in [6, 6.07) is 11.0. The van der Waals surface area contributed by atoms with Crippen LogP contribution in [0.3, 0.4) is 0 Å². The lowest BCUT2D eigenvalue weighted by atomic mass is 9.95. The molecule has 0 saturated heterocycles. The molecule has 2 unspecified atom stereocenters. The maximum Gasteiger partial charge on any atom is 0.295 e. The molecule has 1 fully saturated rings. The second-order valence-electron chi connectivity index (χ2n) is 11.8. The highest BCUT2D eigenvalue weighted by Crippen LogP contribution is 2.67. The average Bonchev–Trinajstić information content (AvgIpc) is 3.70. The van der Waals surface area contributed by atoms with E-state index in [0.29, 0.717) is 21.9 Å². The molecule has 8 nitrogen and oxygen atoms in total. The predicted octanol–water partition coefficient (Wildman–Crippen LogP) is 6.50. The van der Waals surface area contributed by atoms with Crippen molar-refractivity contribution in [3.05, 3.63) is 101 Å².